The van der Waals surface area contributed by atoms with Gasteiger partial charge in [0.1, 0.15) is 0 Å². The Bertz CT molecular complexity index is 523. The molecule has 0 atom stereocenters. The lowest BCUT2D eigenvalue weighted by Gasteiger charge is -2.16. The van der Waals surface area contributed by atoms with E-state index in [4.69, 9.17) is 5.11 Å². The lowest BCUT2D eigenvalue weighted by atomic mass is 10.1. The second-order valence-electron chi connectivity index (χ2n) is 4.10. The van der Waals surface area contributed by atoms with E-state index >= 15 is 0 Å². The molecular formula is C12H12F4N2O3. The number of urea groups is 1. The van der Waals surface area contributed by atoms with Crippen molar-refractivity contribution in [3.63, 3.8) is 0 Å². The van der Waals surface area contributed by atoms with Crippen molar-refractivity contribution in [2.75, 3.05) is 11.9 Å². The van der Waals surface area contributed by atoms with Crippen LogP contribution in [0.1, 0.15) is 5.56 Å². The van der Waals surface area contributed by atoms with Crippen LogP contribution in [-0.2, 0) is 11.2 Å². The molecule has 1 rings (SSSR count). The molecule has 3 N–H and O–H groups in total. The molecule has 0 saturated carbocycles. The van der Waals surface area contributed by atoms with Crippen molar-refractivity contribution in [2.24, 2.45) is 0 Å². The number of amides is 2. The summed E-state index contributed by atoms with van der Waals surface area (Å²) in [4.78, 5) is 22.0. The minimum absolute atomic E-state index is 0.0952. The van der Waals surface area contributed by atoms with E-state index in [-0.39, 0.29) is 17.7 Å². The van der Waals surface area contributed by atoms with Crippen LogP contribution in [0.15, 0.2) is 24.3 Å². The fraction of sp³-hybridized carbons (Fsp3) is 0.333. The predicted molar refractivity (Wildman–Crippen MR) is 65.8 cm³/mol. The van der Waals surface area contributed by atoms with Crippen molar-refractivity contribution < 1.29 is 32.3 Å². The molecule has 0 saturated heterocycles. The first kappa shape index (κ1) is 16.7. The van der Waals surface area contributed by atoms with Gasteiger partial charge in [0.25, 0.3) is 0 Å². The number of nitrogens with one attached hydrogen (secondary N) is 2. The predicted octanol–water partition coefficient (Wildman–Crippen LogP) is 2.34. The lowest BCUT2D eigenvalue weighted by molar-refractivity contribution is -0.136. The summed E-state index contributed by atoms with van der Waals surface area (Å²) in [6, 6.07) is 4.69. The lowest BCUT2D eigenvalue weighted by Crippen LogP contribution is -2.43. The van der Waals surface area contributed by atoms with E-state index < -0.39 is 30.9 Å². The summed E-state index contributed by atoms with van der Waals surface area (Å²) < 4.78 is 49.1. The van der Waals surface area contributed by atoms with Crippen molar-refractivity contribution >= 4 is 17.7 Å². The average molecular weight is 308 g/mol. The first-order chi connectivity index (χ1) is 9.72. The van der Waals surface area contributed by atoms with E-state index in [1.165, 1.54) is 24.3 Å². The number of alkyl halides is 4. The van der Waals surface area contributed by atoms with E-state index in [1.54, 1.807) is 5.32 Å². The number of para-hydroxylation sites is 1. The Morgan fingerprint density at radius 2 is 1.86 bits per heavy atom. The third kappa shape index (κ3) is 5.28. The van der Waals surface area contributed by atoms with Gasteiger partial charge in [-0.2, -0.15) is 8.78 Å². The molecule has 1 aromatic rings. The maximum atomic E-state index is 12.6. The van der Waals surface area contributed by atoms with Gasteiger partial charge in [-0.3, -0.25) is 4.79 Å². The molecule has 5 nitrogen and oxygen atoms in total. The third-order valence-corrected chi connectivity index (χ3v) is 2.41. The van der Waals surface area contributed by atoms with Crippen LogP contribution in [0.5, 0.6) is 0 Å². The van der Waals surface area contributed by atoms with Gasteiger partial charge < -0.3 is 15.7 Å². The minimum atomic E-state index is -4.34. The van der Waals surface area contributed by atoms with E-state index in [0.29, 0.717) is 0 Å². The normalized spacial score (nSPS) is 11.3. The number of benzene rings is 1. The number of hydrogen-bond acceptors (Lipinski definition) is 2. The monoisotopic (exact) mass is 308 g/mol. The smallest absolute Gasteiger partial charge is 0.324 e. The summed E-state index contributed by atoms with van der Waals surface area (Å²) in [5.74, 6) is -5.48. The zero-order valence-electron chi connectivity index (χ0n) is 10.6. The Hall–Kier alpha value is -2.32. The van der Waals surface area contributed by atoms with Crippen molar-refractivity contribution in [1.29, 1.82) is 0 Å². The van der Waals surface area contributed by atoms with Crippen LogP contribution in [0.2, 0.25) is 0 Å². The molecule has 116 valence electrons. The number of anilines is 1. The maximum absolute atomic E-state index is 12.6. The van der Waals surface area contributed by atoms with Crippen LogP contribution in [0, 0.1) is 0 Å². The molecule has 0 heterocycles. The summed E-state index contributed by atoms with van der Waals surface area (Å²) in [6.07, 6.45) is -4.28. The first-order valence-electron chi connectivity index (χ1n) is 5.73. The summed E-state index contributed by atoms with van der Waals surface area (Å²) in [7, 11) is 0. The molecule has 2 amide bonds. The molecule has 0 aliphatic rings. The molecule has 0 radical (unpaired) electrons. The second kappa shape index (κ2) is 6.91. The summed E-state index contributed by atoms with van der Waals surface area (Å²) in [5.41, 5.74) is 0.346. The number of aliphatic carboxylic acids is 1. The molecule has 0 aromatic heterocycles. The Morgan fingerprint density at radius 3 is 2.43 bits per heavy atom. The van der Waals surface area contributed by atoms with Gasteiger partial charge in [0.2, 0.25) is 0 Å². The number of carbonyl (C=O) groups excluding carboxylic acids is 1. The number of carboxylic acids is 1. The second-order valence-corrected chi connectivity index (χ2v) is 4.10. The topological polar surface area (TPSA) is 78.4 Å². The van der Waals surface area contributed by atoms with Crippen molar-refractivity contribution in [3.8, 4) is 0 Å². The van der Waals surface area contributed by atoms with Crippen LogP contribution in [0.25, 0.3) is 0 Å². The van der Waals surface area contributed by atoms with Gasteiger partial charge in [-0.1, -0.05) is 18.2 Å². The molecule has 1 aromatic carbocycles. The molecule has 21 heavy (non-hydrogen) atoms. The van der Waals surface area contributed by atoms with E-state index in [0.717, 1.165) is 0 Å². The highest BCUT2D eigenvalue weighted by Gasteiger charge is 2.40. The SMILES string of the molecule is O=C(O)Cc1ccccc1NC(=O)NCC(F)(F)C(F)F. The molecule has 0 unspecified atom stereocenters. The van der Waals surface area contributed by atoms with Crippen molar-refractivity contribution in [2.45, 2.75) is 18.8 Å². The summed E-state index contributed by atoms with van der Waals surface area (Å²) >= 11 is 0. The van der Waals surface area contributed by atoms with Gasteiger partial charge in [0.15, 0.2) is 0 Å². The quantitative estimate of drug-likeness (QED) is 0.706. The summed E-state index contributed by atoms with van der Waals surface area (Å²) in [5, 5.41) is 12.4. The fourth-order valence-electron chi connectivity index (χ4n) is 1.40. The molecule has 9 heteroatoms. The number of carboxylic acid groups (broad SMARTS) is 1. The van der Waals surface area contributed by atoms with Crippen LogP contribution >= 0.6 is 0 Å². The molecule has 0 aliphatic heterocycles. The Labute approximate surface area is 117 Å². The zero-order valence-corrected chi connectivity index (χ0v) is 10.6. The van der Waals surface area contributed by atoms with Crippen molar-refractivity contribution in [1.82, 2.24) is 5.32 Å². The minimum Gasteiger partial charge on any atom is -0.481 e. The number of halogens is 4. The molecular weight excluding hydrogens is 296 g/mol. The zero-order chi connectivity index (χ0) is 16.0. The van der Waals surface area contributed by atoms with Gasteiger partial charge in [-0.15, -0.1) is 0 Å². The largest absolute Gasteiger partial charge is 0.481 e. The Morgan fingerprint density at radius 1 is 1.24 bits per heavy atom. The van der Waals surface area contributed by atoms with Gasteiger partial charge in [-0.25, -0.2) is 13.6 Å². The van der Waals surface area contributed by atoms with Crippen LogP contribution in [0.3, 0.4) is 0 Å². The van der Waals surface area contributed by atoms with Crippen LogP contribution < -0.4 is 10.6 Å². The van der Waals surface area contributed by atoms with Gasteiger partial charge in [0, 0.05) is 5.69 Å². The highest BCUT2D eigenvalue weighted by Crippen LogP contribution is 2.21. The third-order valence-electron chi connectivity index (χ3n) is 2.41. The Kier molecular flexibility index (Phi) is 5.51. The van der Waals surface area contributed by atoms with E-state index in [9.17, 15) is 27.2 Å². The molecule has 0 fully saturated rings. The van der Waals surface area contributed by atoms with E-state index in [2.05, 4.69) is 5.32 Å². The highest BCUT2D eigenvalue weighted by atomic mass is 19.3. The fourth-order valence-corrected chi connectivity index (χ4v) is 1.40. The van der Waals surface area contributed by atoms with Gasteiger partial charge >= 0.3 is 24.3 Å². The Balaban J connectivity index is 2.65. The molecule has 0 bridgehead atoms. The standard InChI is InChI=1S/C12H12F4N2O3/c13-10(14)12(15,16)6-17-11(21)18-8-4-2-1-3-7(8)5-9(19)20/h1-4,10H,5-6H2,(H,19,20)(H2,17,18,21). The maximum Gasteiger partial charge on any atom is 0.324 e. The molecule has 0 aliphatic carbocycles. The summed E-state index contributed by atoms with van der Waals surface area (Å²) in [6.45, 7) is -1.53. The number of hydrogen-bond donors (Lipinski definition) is 3. The number of rotatable bonds is 6. The highest BCUT2D eigenvalue weighted by molar-refractivity contribution is 5.90. The number of carbonyl (C=O) groups is 2. The molecule has 0 spiro atoms. The van der Waals surface area contributed by atoms with Crippen molar-refractivity contribution in [3.05, 3.63) is 29.8 Å². The van der Waals surface area contributed by atoms with Gasteiger partial charge in [-0.05, 0) is 11.6 Å². The van der Waals surface area contributed by atoms with Gasteiger partial charge in [0.05, 0.1) is 13.0 Å². The average Bonchev–Trinajstić information content (AvgIpc) is 2.38. The van der Waals surface area contributed by atoms with Crippen LogP contribution in [0.4, 0.5) is 28.0 Å². The van der Waals surface area contributed by atoms with Crippen LogP contribution in [-0.4, -0.2) is 36.0 Å². The first-order valence-corrected chi connectivity index (χ1v) is 5.73. The van der Waals surface area contributed by atoms with E-state index in [1.807, 2.05) is 0 Å².